The van der Waals surface area contributed by atoms with Crippen molar-refractivity contribution in [1.29, 1.82) is 0 Å². The Morgan fingerprint density at radius 3 is 2.65 bits per heavy atom. The molecule has 1 fully saturated rings. The van der Waals surface area contributed by atoms with Crippen LogP contribution in [-0.4, -0.2) is 41.3 Å². The standard InChI is InChI=1S/C11H10ClF2NO2/c12-7-1-6(2-8(13)3-7)11(17)15-4-9(14)10(16)5-15/h1-3,9-10,16H,4-5H2/t9-,10-/m1/s1. The molecule has 17 heavy (non-hydrogen) atoms. The van der Waals surface area contributed by atoms with Crippen molar-refractivity contribution < 1.29 is 18.7 Å². The summed E-state index contributed by atoms with van der Waals surface area (Å²) >= 11 is 5.62. The number of aliphatic hydroxyl groups excluding tert-OH is 1. The van der Waals surface area contributed by atoms with Gasteiger partial charge in [-0.05, 0) is 18.2 Å². The van der Waals surface area contributed by atoms with Gasteiger partial charge in [0.15, 0.2) is 0 Å². The minimum Gasteiger partial charge on any atom is -0.388 e. The van der Waals surface area contributed by atoms with E-state index in [0.717, 1.165) is 17.0 Å². The second kappa shape index (κ2) is 4.58. The molecule has 2 rings (SSSR count). The van der Waals surface area contributed by atoms with Crippen LogP contribution in [0.25, 0.3) is 0 Å². The summed E-state index contributed by atoms with van der Waals surface area (Å²) in [6.45, 7) is -0.276. The molecule has 1 aromatic rings. The van der Waals surface area contributed by atoms with Gasteiger partial charge in [0, 0.05) is 17.1 Å². The molecule has 0 unspecified atom stereocenters. The van der Waals surface area contributed by atoms with Gasteiger partial charge in [-0.15, -0.1) is 0 Å². The second-order valence-corrected chi connectivity index (χ2v) is 4.39. The number of carbonyl (C=O) groups excluding carboxylic acids is 1. The van der Waals surface area contributed by atoms with Gasteiger partial charge in [-0.3, -0.25) is 4.79 Å². The van der Waals surface area contributed by atoms with Gasteiger partial charge < -0.3 is 10.0 Å². The minimum atomic E-state index is -1.46. The zero-order valence-corrected chi connectivity index (χ0v) is 9.49. The van der Waals surface area contributed by atoms with Gasteiger partial charge >= 0.3 is 0 Å². The third-order valence-corrected chi connectivity index (χ3v) is 2.83. The highest BCUT2D eigenvalue weighted by atomic mass is 35.5. The Labute approximate surface area is 102 Å². The largest absolute Gasteiger partial charge is 0.388 e. The van der Waals surface area contributed by atoms with Gasteiger partial charge in [0.2, 0.25) is 0 Å². The van der Waals surface area contributed by atoms with Crippen molar-refractivity contribution in [2.45, 2.75) is 12.3 Å². The number of benzene rings is 1. The summed E-state index contributed by atoms with van der Waals surface area (Å²) in [5.41, 5.74) is 0.0521. The molecule has 92 valence electrons. The van der Waals surface area contributed by atoms with Gasteiger partial charge in [0.05, 0.1) is 6.54 Å². The number of β-amino-alcohol motifs (C(OH)–C–C–N with tert-alkyl or cyclic N) is 1. The molecule has 1 aromatic carbocycles. The van der Waals surface area contributed by atoms with Crippen LogP contribution in [0.5, 0.6) is 0 Å². The molecular weight excluding hydrogens is 252 g/mol. The van der Waals surface area contributed by atoms with Crippen LogP contribution in [0.15, 0.2) is 18.2 Å². The summed E-state index contributed by atoms with van der Waals surface area (Å²) in [7, 11) is 0. The molecule has 1 aliphatic rings. The molecule has 1 heterocycles. The molecule has 0 aliphatic carbocycles. The Kier molecular flexibility index (Phi) is 3.31. The number of alkyl halides is 1. The van der Waals surface area contributed by atoms with E-state index in [1.54, 1.807) is 0 Å². The molecule has 0 radical (unpaired) electrons. The highest BCUT2D eigenvalue weighted by molar-refractivity contribution is 6.31. The maximum Gasteiger partial charge on any atom is 0.254 e. The fraction of sp³-hybridized carbons (Fsp3) is 0.364. The first-order valence-corrected chi connectivity index (χ1v) is 5.42. The van der Waals surface area contributed by atoms with Crippen molar-refractivity contribution in [2.24, 2.45) is 0 Å². The maximum atomic E-state index is 13.1. The van der Waals surface area contributed by atoms with E-state index in [1.807, 2.05) is 0 Å². The molecule has 0 spiro atoms. The van der Waals surface area contributed by atoms with E-state index in [2.05, 4.69) is 0 Å². The van der Waals surface area contributed by atoms with Crippen LogP contribution in [0.3, 0.4) is 0 Å². The van der Waals surface area contributed by atoms with E-state index >= 15 is 0 Å². The first kappa shape index (κ1) is 12.3. The summed E-state index contributed by atoms with van der Waals surface area (Å²) in [5, 5.41) is 9.31. The molecule has 3 nitrogen and oxygen atoms in total. The summed E-state index contributed by atoms with van der Waals surface area (Å²) in [5.74, 6) is -1.16. The highest BCUT2D eigenvalue weighted by Crippen LogP contribution is 2.19. The molecule has 1 saturated heterocycles. The van der Waals surface area contributed by atoms with E-state index in [4.69, 9.17) is 11.6 Å². The van der Waals surface area contributed by atoms with Crippen LogP contribution >= 0.6 is 11.6 Å². The zero-order valence-electron chi connectivity index (χ0n) is 8.74. The molecule has 1 N–H and O–H groups in total. The number of rotatable bonds is 1. The maximum absolute atomic E-state index is 13.1. The molecule has 6 heteroatoms. The number of carbonyl (C=O) groups is 1. The van der Waals surface area contributed by atoms with E-state index in [-0.39, 0.29) is 23.7 Å². The van der Waals surface area contributed by atoms with Crippen molar-refractivity contribution in [2.75, 3.05) is 13.1 Å². The Balaban J connectivity index is 2.20. The van der Waals surface area contributed by atoms with E-state index in [1.165, 1.54) is 6.07 Å². The van der Waals surface area contributed by atoms with Crippen molar-refractivity contribution in [3.05, 3.63) is 34.6 Å². The number of halogens is 3. The number of hydrogen-bond donors (Lipinski definition) is 1. The van der Waals surface area contributed by atoms with Gasteiger partial charge in [-0.1, -0.05) is 11.6 Å². The number of likely N-dealkylation sites (tertiary alicyclic amines) is 1. The predicted octanol–water partition coefficient (Wildman–Crippen LogP) is 1.63. The predicted molar refractivity (Wildman–Crippen MR) is 58.2 cm³/mol. The quantitative estimate of drug-likeness (QED) is 0.835. The second-order valence-electron chi connectivity index (χ2n) is 3.95. The SMILES string of the molecule is O=C(c1cc(F)cc(Cl)c1)N1C[C@@H](O)[C@H](F)C1. The Hall–Kier alpha value is -1.20. The normalized spacial score (nSPS) is 24.1. The lowest BCUT2D eigenvalue weighted by Gasteiger charge is -2.15. The topological polar surface area (TPSA) is 40.5 Å². The lowest BCUT2D eigenvalue weighted by atomic mass is 10.2. The molecule has 1 aliphatic heterocycles. The Morgan fingerprint density at radius 2 is 2.12 bits per heavy atom. The van der Waals surface area contributed by atoms with Crippen molar-refractivity contribution in [3.8, 4) is 0 Å². The van der Waals surface area contributed by atoms with Gasteiger partial charge in [0.1, 0.15) is 18.1 Å². The monoisotopic (exact) mass is 261 g/mol. The third kappa shape index (κ3) is 2.56. The highest BCUT2D eigenvalue weighted by Gasteiger charge is 2.34. The Morgan fingerprint density at radius 1 is 1.41 bits per heavy atom. The number of nitrogens with zero attached hydrogens (tertiary/aromatic N) is 1. The first-order chi connectivity index (χ1) is 7.97. The van der Waals surface area contributed by atoms with Crippen LogP contribution in [0.4, 0.5) is 8.78 Å². The lowest BCUT2D eigenvalue weighted by Crippen LogP contribution is -2.29. The lowest BCUT2D eigenvalue weighted by molar-refractivity contribution is 0.0764. The number of aliphatic hydroxyl groups is 1. The van der Waals surface area contributed by atoms with Crippen molar-refractivity contribution in [1.82, 2.24) is 4.90 Å². The smallest absolute Gasteiger partial charge is 0.254 e. The van der Waals surface area contributed by atoms with E-state index in [9.17, 15) is 18.7 Å². The molecule has 1 amide bonds. The summed E-state index contributed by atoms with van der Waals surface area (Å²) < 4.78 is 26.1. The van der Waals surface area contributed by atoms with Crippen LogP contribution in [0, 0.1) is 5.82 Å². The summed E-state index contributed by atoms with van der Waals surface area (Å²) in [4.78, 5) is 13.0. The zero-order chi connectivity index (χ0) is 12.6. The fourth-order valence-corrected chi connectivity index (χ4v) is 1.99. The molecule has 0 saturated carbocycles. The number of hydrogen-bond acceptors (Lipinski definition) is 2. The number of amides is 1. The van der Waals surface area contributed by atoms with Gasteiger partial charge in [-0.25, -0.2) is 8.78 Å². The minimum absolute atomic E-state index is 0.0521. The van der Waals surface area contributed by atoms with E-state index in [0.29, 0.717) is 0 Å². The van der Waals surface area contributed by atoms with Crippen LogP contribution in [0.2, 0.25) is 5.02 Å². The van der Waals surface area contributed by atoms with Crippen LogP contribution in [0.1, 0.15) is 10.4 Å². The summed E-state index contributed by atoms with van der Waals surface area (Å²) in [6, 6.07) is 3.42. The first-order valence-electron chi connectivity index (χ1n) is 5.05. The average molecular weight is 262 g/mol. The molecule has 2 atom stereocenters. The van der Waals surface area contributed by atoms with E-state index < -0.39 is 24.0 Å². The van der Waals surface area contributed by atoms with Gasteiger partial charge in [-0.2, -0.15) is 0 Å². The summed E-state index contributed by atoms with van der Waals surface area (Å²) in [6.07, 6.45) is -2.63. The van der Waals surface area contributed by atoms with Gasteiger partial charge in [0.25, 0.3) is 5.91 Å². The molecule has 0 aromatic heterocycles. The third-order valence-electron chi connectivity index (χ3n) is 2.62. The van der Waals surface area contributed by atoms with Crippen LogP contribution in [-0.2, 0) is 0 Å². The molecular formula is C11H10ClF2NO2. The fourth-order valence-electron chi connectivity index (χ4n) is 1.77. The van der Waals surface area contributed by atoms with Crippen LogP contribution < -0.4 is 0 Å². The molecule has 0 bridgehead atoms. The van der Waals surface area contributed by atoms with Crippen molar-refractivity contribution >= 4 is 17.5 Å². The Bertz CT molecular complexity index is 425. The van der Waals surface area contributed by atoms with Crippen molar-refractivity contribution in [3.63, 3.8) is 0 Å². The average Bonchev–Trinajstić information content (AvgIpc) is 2.57.